The molecule has 4 rings (SSSR count). The molecule has 1 aromatic heterocycles. The number of aliphatic carboxylic acids is 2. The lowest BCUT2D eigenvalue weighted by atomic mass is 9.80. The van der Waals surface area contributed by atoms with Crippen molar-refractivity contribution in [3.05, 3.63) is 53.8 Å². The number of aliphatic hydroxyl groups excluding tert-OH is 1. The highest BCUT2D eigenvalue weighted by atomic mass is 16.4. The zero-order valence-electron chi connectivity index (χ0n) is 18.6. The van der Waals surface area contributed by atoms with Crippen LogP contribution < -0.4 is 5.32 Å². The van der Waals surface area contributed by atoms with E-state index in [1.165, 1.54) is 22.1 Å². The smallest absolute Gasteiger partial charge is 0.328 e. The summed E-state index contributed by atoms with van der Waals surface area (Å²) in [7, 11) is 2.10. The molecule has 3 atom stereocenters. The molecule has 9 heteroatoms. The van der Waals surface area contributed by atoms with Crippen LogP contribution in [0.25, 0.3) is 16.5 Å². The van der Waals surface area contributed by atoms with Gasteiger partial charge in [-0.15, -0.1) is 0 Å². The number of fused-ring (bicyclic) bond motifs is 2. The van der Waals surface area contributed by atoms with Gasteiger partial charge < -0.3 is 25.6 Å². The molecular formula is C24H29N3O6. The minimum absolute atomic E-state index is 0.00532. The van der Waals surface area contributed by atoms with Crippen LogP contribution in [0.5, 0.6) is 0 Å². The lowest BCUT2D eigenvalue weighted by Crippen LogP contribution is -2.48. The third-order valence-electron chi connectivity index (χ3n) is 6.03. The first-order chi connectivity index (χ1) is 15.7. The molecule has 2 aliphatic rings. The highest BCUT2D eigenvalue weighted by Crippen LogP contribution is 2.40. The second kappa shape index (κ2) is 10.5. The predicted octanol–water partition coefficient (Wildman–Crippen LogP) is 1.64. The first-order valence-electron chi connectivity index (χ1n) is 10.8. The zero-order valence-corrected chi connectivity index (χ0v) is 18.6. The van der Waals surface area contributed by atoms with Gasteiger partial charge in [0, 0.05) is 41.8 Å². The van der Waals surface area contributed by atoms with Gasteiger partial charge in [-0.2, -0.15) is 0 Å². The van der Waals surface area contributed by atoms with E-state index in [4.69, 9.17) is 10.2 Å². The number of rotatable bonds is 6. The normalized spacial score (nSPS) is 20.4. The Bertz CT molecular complexity index is 1080. The molecule has 9 nitrogen and oxygen atoms in total. The lowest BCUT2D eigenvalue weighted by Gasteiger charge is -2.39. The minimum atomic E-state index is -1.26. The number of aliphatic hydroxyl groups is 1. The standard InChI is InChI=1S/C20H25N3O2.C4H4O4/c1-3-14(11-24)22-20(25)13-7-16-15-5-4-6-17-19(15)12(9-21-17)8-18(16)23(2)10-13;5-3(6)1-2-4(7)8/h4-7,9,13-14,18,21,24H,3,8,10-11H2,1-2H3,(H,22,25);1-2H,(H,5,6)(H,7,8). The third kappa shape index (κ3) is 5.50. The molecule has 0 saturated carbocycles. The number of aromatic amines is 1. The maximum Gasteiger partial charge on any atom is 0.328 e. The van der Waals surface area contributed by atoms with E-state index >= 15 is 0 Å². The molecule has 3 unspecified atom stereocenters. The Morgan fingerprint density at radius 1 is 1.24 bits per heavy atom. The first kappa shape index (κ1) is 24.2. The van der Waals surface area contributed by atoms with Crippen LogP contribution in [-0.2, 0) is 20.8 Å². The maximum atomic E-state index is 12.7. The third-order valence-corrected chi connectivity index (χ3v) is 6.03. The number of nitrogens with one attached hydrogen (secondary N) is 2. The monoisotopic (exact) mass is 455 g/mol. The number of carbonyl (C=O) groups is 3. The molecule has 1 aliphatic carbocycles. The number of aromatic nitrogens is 1. The number of carboxylic acid groups (broad SMARTS) is 2. The second-order valence-corrected chi connectivity index (χ2v) is 8.24. The van der Waals surface area contributed by atoms with Gasteiger partial charge in [0.15, 0.2) is 0 Å². The molecule has 0 fully saturated rings. The Balaban J connectivity index is 0.000000331. The number of nitrogens with zero attached hydrogens (tertiary/aromatic N) is 1. The number of likely N-dealkylation sites (N-methyl/N-ethyl adjacent to an activating group) is 1. The summed E-state index contributed by atoms with van der Waals surface area (Å²) < 4.78 is 0. The average molecular weight is 456 g/mol. The van der Waals surface area contributed by atoms with E-state index in [0.29, 0.717) is 24.7 Å². The van der Waals surface area contributed by atoms with Gasteiger partial charge in [-0.05, 0) is 42.7 Å². The van der Waals surface area contributed by atoms with Crippen LogP contribution in [0, 0.1) is 5.92 Å². The minimum Gasteiger partial charge on any atom is -0.478 e. The van der Waals surface area contributed by atoms with Crippen molar-refractivity contribution in [2.45, 2.75) is 31.8 Å². The van der Waals surface area contributed by atoms with Crippen molar-refractivity contribution in [2.75, 3.05) is 20.2 Å². The summed E-state index contributed by atoms with van der Waals surface area (Å²) in [5.41, 5.74) is 5.01. The molecule has 0 bridgehead atoms. The van der Waals surface area contributed by atoms with Crippen LogP contribution in [0.3, 0.4) is 0 Å². The predicted molar refractivity (Wildman–Crippen MR) is 124 cm³/mol. The highest BCUT2D eigenvalue weighted by molar-refractivity contribution is 5.99. The van der Waals surface area contributed by atoms with Crippen molar-refractivity contribution >= 4 is 34.3 Å². The summed E-state index contributed by atoms with van der Waals surface area (Å²) in [4.78, 5) is 37.4. The Morgan fingerprint density at radius 2 is 1.94 bits per heavy atom. The van der Waals surface area contributed by atoms with Gasteiger partial charge in [0.05, 0.1) is 18.6 Å². The Morgan fingerprint density at radius 3 is 2.55 bits per heavy atom. The van der Waals surface area contributed by atoms with Gasteiger partial charge in [0.2, 0.25) is 5.91 Å². The summed E-state index contributed by atoms with van der Waals surface area (Å²) in [6, 6.07) is 6.49. The summed E-state index contributed by atoms with van der Waals surface area (Å²) in [5.74, 6) is -2.70. The molecule has 0 spiro atoms. The molecule has 1 amide bonds. The number of benzene rings is 1. The van der Waals surface area contributed by atoms with Crippen molar-refractivity contribution in [1.82, 2.24) is 15.2 Å². The van der Waals surface area contributed by atoms with E-state index < -0.39 is 11.9 Å². The largest absolute Gasteiger partial charge is 0.478 e. The maximum absolute atomic E-state index is 12.7. The summed E-state index contributed by atoms with van der Waals surface area (Å²) >= 11 is 0. The van der Waals surface area contributed by atoms with Crippen molar-refractivity contribution in [2.24, 2.45) is 5.92 Å². The number of amides is 1. The van der Waals surface area contributed by atoms with Crippen molar-refractivity contribution < 1.29 is 29.7 Å². The van der Waals surface area contributed by atoms with E-state index in [1.54, 1.807) is 0 Å². The van der Waals surface area contributed by atoms with Gasteiger partial charge >= 0.3 is 11.9 Å². The van der Waals surface area contributed by atoms with Gasteiger partial charge in [-0.1, -0.05) is 25.1 Å². The summed E-state index contributed by atoms with van der Waals surface area (Å²) in [6.45, 7) is 2.66. The quantitative estimate of drug-likeness (QED) is 0.417. The Kier molecular flexibility index (Phi) is 7.67. The van der Waals surface area contributed by atoms with Crippen molar-refractivity contribution in [3.8, 4) is 0 Å². The van der Waals surface area contributed by atoms with Gasteiger partial charge in [-0.3, -0.25) is 9.69 Å². The fourth-order valence-electron chi connectivity index (χ4n) is 4.34. The molecule has 2 heterocycles. The van der Waals surface area contributed by atoms with Gasteiger partial charge in [0.1, 0.15) is 0 Å². The van der Waals surface area contributed by atoms with Crippen LogP contribution in [0.1, 0.15) is 24.5 Å². The molecule has 0 radical (unpaired) electrons. The van der Waals surface area contributed by atoms with E-state index in [0.717, 1.165) is 18.4 Å². The SMILES string of the molecule is CCC(CO)NC(=O)C1C=C2c3cccc4[nH]cc(c34)CC2N(C)C1.O=C(O)C=CC(=O)O. The molecule has 0 saturated heterocycles. The van der Waals surface area contributed by atoms with Crippen LogP contribution in [0.4, 0.5) is 0 Å². The first-order valence-corrected chi connectivity index (χ1v) is 10.8. The molecular weight excluding hydrogens is 426 g/mol. The molecule has 1 aromatic carbocycles. The topological polar surface area (TPSA) is 143 Å². The van der Waals surface area contributed by atoms with Crippen LogP contribution in [-0.4, -0.2) is 75.3 Å². The van der Waals surface area contributed by atoms with Crippen LogP contribution in [0.15, 0.2) is 42.6 Å². The fourth-order valence-corrected chi connectivity index (χ4v) is 4.34. The summed E-state index contributed by atoms with van der Waals surface area (Å²) in [5, 5.41) is 29.2. The second-order valence-electron chi connectivity index (χ2n) is 8.24. The van der Waals surface area contributed by atoms with E-state index in [9.17, 15) is 19.5 Å². The number of carboxylic acids is 2. The molecule has 2 aromatic rings. The van der Waals surface area contributed by atoms with E-state index in [2.05, 4.69) is 52.7 Å². The zero-order chi connectivity index (χ0) is 24.1. The van der Waals surface area contributed by atoms with Crippen LogP contribution >= 0.6 is 0 Å². The molecule has 33 heavy (non-hydrogen) atoms. The van der Waals surface area contributed by atoms with E-state index in [1.807, 2.05) is 6.92 Å². The Labute approximate surface area is 191 Å². The highest BCUT2D eigenvalue weighted by Gasteiger charge is 2.35. The number of carbonyl (C=O) groups excluding carboxylic acids is 1. The average Bonchev–Trinajstić information content (AvgIpc) is 3.21. The van der Waals surface area contributed by atoms with Gasteiger partial charge in [-0.25, -0.2) is 9.59 Å². The molecule has 176 valence electrons. The van der Waals surface area contributed by atoms with E-state index in [-0.39, 0.29) is 24.5 Å². The number of hydrogen-bond acceptors (Lipinski definition) is 5. The van der Waals surface area contributed by atoms with Gasteiger partial charge in [0.25, 0.3) is 0 Å². The fraction of sp³-hybridized carbons (Fsp3) is 0.375. The Hall–Kier alpha value is -3.43. The van der Waals surface area contributed by atoms with Crippen LogP contribution in [0.2, 0.25) is 0 Å². The molecule has 5 N–H and O–H groups in total. The van der Waals surface area contributed by atoms with Crippen molar-refractivity contribution in [1.29, 1.82) is 0 Å². The molecule has 1 aliphatic heterocycles. The van der Waals surface area contributed by atoms with Crippen molar-refractivity contribution in [3.63, 3.8) is 0 Å². The summed E-state index contributed by atoms with van der Waals surface area (Å²) in [6.07, 6.45) is 7.09. The number of hydrogen-bond donors (Lipinski definition) is 5. The number of H-pyrrole nitrogens is 1. The lowest BCUT2D eigenvalue weighted by molar-refractivity contribution is -0.134.